The van der Waals surface area contributed by atoms with Crippen LogP contribution in [-0.2, 0) is 0 Å². The van der Waals surface area contributed by atoms with Gasteiger partial charge in [0.1, 0.15) is 22.3 Å². The van der Waals surface area contributed by atoms with Gasteiger partial charge in [0.2, 0.25) is 0 Å². The standard InChI is InChI=1S/2C42H26O/c1-2-14-28(15-3-1)39-31-18-6-8-20-33(31)40(34-21-9-7-19-32(34)39)36-24-12-26-38-41(36)37-25-11-23-35(42(37)43-38)30-22-10-16-27-13-4-5-17-29(27)30;1-2-14-27(15-3-1)29-17-6-7-19-31(29)39-32-20-8-10-22-34(32)40(35-23-11-9-21-33(35)39)37-26-28-16-4-5-18-30(28)42-41(37)36-24-12-13-25-38(36)43-42/h2*1-26H. The van der Waals surface area contributed by atoms with Gasteiger partial charge in [0, 0.05) is 32.5 Å². The molecule has 0 aliphatic heterocycles. The lowest BCUT2D eigenvalue weighted by molar-refractivity contribution is 0.670. The van der Waals surface area contributed by atoms with E-state index in [0.29, 0.717) is 0 Å². The van der Waals surface area contributed by atoms with Crippen LogP contribution in [0.3, 0.4) is 0 Å². The van der Waals surface area contributed by atoms with Crippen molar-refractivity contribution in [2.45, 2.75) is 0 Å². The van der Waals surface area contributed by atoms with Gasteiger partial charge in [-0.05, 0) is 139 Å². The molecule has 0 radical (unpaired) electrons. The highest BCUT2D eigenvalue weighted by Gasteiger charge is 2.25. The van der Waals surface area contributed by atoms with Crippen LogP contribution in [0.25, 0.3) is 175 Å². The molecule has 0 saturated heterocycles. The summed E-state index contributed by atoms with van der Waals surface area (Å²) >= 11 is 0. The lowest BCUT2D eigenvalue weighted by Gasteiger charge is -2.20. The summed E-state index contributed by atoms with van der Waals surface area (Å²) in [5.41, 5.74) is 18.3. The summed E-state index contributed by atoms with van der Waals surface area (Å²) in [6, 6.07) is 113. The van der Waals surface area contributed by atoms with E-state index in [2.05, 4.69) is 315 Å². The van der Waals surface area contributed by atoms with Crippen molar-refractivity contribution in [3.8, 4) is 66.8 Å². The van der Waals surface area contributed by atoms with Crippen molar-refractivity contribution in [2.24, 2.45) is 0 Å². The van der Waals surface area contributed by atoms with Gasteiger partial charge in [0.15, 0.2) is 0 Å². The molecule has 0 saturated carbocycles. The first kappa shape index (κ1) is 49.3. The maximum absolute atomic E-state index is 6.77. The SMILES string of the molecule is c1ccc(-c2c3ccccc3c(-c3cccc4oc5c(-c6cccc7ccccc67)cccc5c34)c3ccccc23)cc1.c1ccc(-c2ccccc2-c2c3ccccc3c(-c3cc4ccccc4c4oc5ccccc5c34)c3ccccc23)cc1. The van der Waals surface area contributed by atoms with Gasteiger partial charge in [-0.2, -0.15) is 0 Å². The number of hydrogen-bond donors (Lipinski definition) is 0. The summed E-state index contributed by atoms with van der Waals surface area (Å²) in [4.78, 5) is 0. The van der Waals surface area contributed by atoms with Crippen molar-refractivity contribution in [3.63, 3.8) is 0 Å². The number of furan rings is 2. The van der Waals surface area contributed by atoms with Gasteiger partial charge in [-0.3, -0.25) is 0 Å². The lowest BCUT2D eigenvalue weighted by Crippen LogP contribution is -1.93. The van der Waals surface area contributed by atoms with Crippen LogP contribution >= 0.6 is 0 Å². The quantitative estimate of drug-likeness (QED) is 0.155. The summed E-state index contributed by atoms with van der Waals surface area (Å²) in [6.07, 6.45) is 0. The van der Waals surface area contributed by atoms with Gasteiger partial charge in [0.05, 0.1) is 0 Å². The van der Waals surface area contributed by atoms with Crippen LogP contribution in [0, 0.1) is 0 Å². The average molecular weight is 1090 g/mol. The van der Waals surface area contributed by atoms with Crippen LogP contribution in [0.4, 0.5) is 0 Å². The van der Waals surface area contributed by atoms with E-state index in [0.717, 1.165) is 49.4 Å². The van der Waals surface area contributed by atoms with E-state index >= 15 is 0 Å². The largest absolute Gasteiger partial charge is 0.455 e. The van der Waals surface area contributed by atoms with Gasteiger partial charge in [-0.25, -0.2) is 0 Å². The van der Waals surface area contributed by atoms with Gasteiger partial charge in [0.25, 0.3) is 0 Å². The van der Waals surface area contributed by atoms with Crippen molar-refractivity contribution < 1.29 is 8.83 Å². The summed E-state index contributed by atoms with van der Waals surface area (Å²) in [7, 11) is 0. The Kier molecular flexibility index (Phi) is 11.6. The zero-order chi connectivity index (χ0) is 56.7. The molecule has 18 rings (SSSR count). The molecule has 0 amide bonds. The molecular weight excluding hydrogens is 1040 g/mol. The van der Waals surface area contributed by atoms with Crippen LogP contribution in [0.1, 0.15) is 0 Å². The van der Waals surface area contributed by atoms with Crippen LogP contribution in [0.5, 0.6) is 0 Å². The van der Waals surface area contributed by atoms with Gasteiger partial charge >= 0.3 is 0 Å². The van der Waals surface area contributed by atoms with E-state index in [9.17, 15) is 0 Å². The van der Waals surface area contributed by atoms with E-state index < -0.39 is 0 Å². The molecule has 0 spiro atoms. The minimum absolute atomic E-state index is 0.903. The molecule has 86 heavy (non-hydrogen) atoms. The number of para-hydroxylation sites is 2. The fourth-order valence-electron chi connectivity index (χ4n) is 14.1. The van der Waals surface area contributed by atoms with Crippen molar-refractivity contribution in [1.29, 1.82) is 0 Å². The lowest BCUT2D eigenvalue weighted by atomic mass is 9.82. The van der Waals surface area contributed by atoms with E-state index in [1.807, 2.05) is 0 Å². The Morgan fingerprint density at radius 2 is 0.558 bits per heavy atom. The van der Waals surface area contributed by atoms with Crippen LogP contribution in [0.15, 0.2) is 324 Å². The molecule has 0 N–H and O–H groups in total. The second-order valence-corrected chi connectivity index (χ2v) is 22.4. The van der Waals surface area contributed by atoms with Gasteiger partial charge in [-0.1, -0.05) is 297 Å². The van der Waals surface area contributed by atoms with Crippen LogP contribution < -0.4 is 0 Å². The molecule has 0 fully saturated rings. The molecule has 400 valence electrons. The minimum atomic E-state index is 0.903. The van der Waals surface area contributed by atoms with Crippen LogP contribution in [-0.4, -0.2) is 0 Å². The molecule has 0 unspecified atom stereocenters. The first-order valence-electron chi connectivity index (χ1n) is 29.6. The number of benzene rings is 16. The number of hydrogen-bond acceptors (Lipinski definition) is 2. The molecular formula is C84H52O2. The Hall–Kier alpha value is -11.3. The first-order chi connectivity index (χ1) is 42.7. The normalized spacial score (nSPS) is 11.7. The zero-order valence-corrected chi connectivity index (χ0v) is 46.8. The van der Waals surface area contributed by atoms with Gasteiger partial charge < -0.3 is 8.83 Å². The smallest absolute Gasteiger partial charge is 0.143 e. The van der Waals surface area contributed by atoms with Crippen molar-refractivity contribution in [2.75, 3.05) is 0 Å². The van der Waals surface area contributed by atoms with Crippen molar-refractivity contribution >= 4 is 109 Å². The summed E-state index contributed by atoms with van der Waals surface area (Å²) in [5, 5.41) is 19.3. The number of fused-ring (bicyclic) bond motifs is 13. The van der Waals surface area contributed by atoms with Crippen molar-refractivity contribution in [3.05, 3.63) is 315 Å². The van der Waals surface area contributed by atoms with E-state index in [1.165, 1.54) is 126 Å². The molecule has 2 nitrogen and oxygen atoms in total. The molecule has 2 aromatic heterocycles. The molecule has 0 aliphatic rings. The molecule has 16 aromatic carbocycles. The number of rotatable bonds is 6. The maximum Gasteiger partial charge on any atom is 0.143 e. The Morgan fingerprint density at radius 1 is 0.174 bits per heavy atom. The highest BCUT2D eigenvalue weighted by molar-refractivity contribution is 6.30. The zero-order valence-electron chi connectivity index (χ0n) is 46.8. The summed E-state index contributed by atoms with van der Waals surface area (Å²) in [6.45, 7) is 0. The predicted octanol–water partition coefficient (Wildman–Crippen LogP) is 24.1. The topological polar surface area (TPSA) is 26.3 Å². The Balaban J connectivity index is 0.000000134. The Bertz CT molecular complexity index is 5590. The molecule has 0 bridgehead atoms. The van der Waals surface area contributed by atoms with E-state index in [4.69, 9.17) is 8.83 Å². The third-order valence-corrected chi connectivity index (χ3v) is 17.7. The van der Waals surface area contributed by atoms with Crippen LogP contribution in [0.2, 0.25) is 0 Å². The van der Waals surface area contributed by atoms with E-state index in [1.54, 1.807) is 0 Å². The minimum Gasteiger partial charge on any atom is -0.455 e. The monoisotopic (exact) mass is 1090 g/mol. The maximum atomic E-state index is 6.77. The molecule has 0 atom stereocenters. The van der Waals surface area contributed by atoms with Gasteiger partial charge in [-0.15, -0.1) is 0 Å². The second kappa shape index (κ2) is 20.2. The molecule has 18 aromatic rings. The highest BCUT2D eigenvalue weighted by atomic mass is 16.3. The molecule has 0 aliphatic carbocycles. The second-order valence-electron chi connectivity index (χ2n) is 22.4. The van der Waals surface area contributed by atoms with Crippen molar-refractivity contribution in [1.82, 2.24) is 0 Å². The Morgan fingerprint density at radius 3 is 1.20 bits per heavy atom. The Labute approximate surface area is 496 Å². The highest BCUT2D eigenvalue weighted by Crippen LogP contribution is 2.51. The third kappa shape index (κ3) is 7.81. The summed E-state index contributed by atoms with van der Waals surface area (Å²) in [5.74, 6) is 0. The average Bonchev–Trinajstić information content (AvgIpc) is 1.71. The first-order valence-corrected chi connectivity index (χ1v) is 29.6. The summed E-state index contributed by atoms with van der Waals surface area (Å²) < 4.78 is 13.4. The van der Waals surface area contributed by atoms with E-state index in [-0.39, 0.29) is 0 Å². The predicted molar refractivity (Wildman–Crippen MR) is 365 cm³/mol. The molecule has 2 heteroatoms. The molecule has 2 heterocycles. The third-order valence-electron chi connectivity index (χ3n) is 17.7. The fraction of sp³-hybridized carbons (Fsp3) is 0. The fourth-order valence-corrected chi connectivity index (χ4v) is 14.1.